The number of nitrogens with zero attached hydrogens (tertiary/aromatic N) is 2. The first-order valence-electron chi connectivity index (χ1n) is 9.00. The van der Waals surface area contributed by atoms with E-state index in [1.54, 1.807) is 4.90 Å². The van der Waals surface area contributed by atoms with E-state index in [4.69, 9.17) is 10.5 Å². The second kappa shape index (κ2) is 10.8. The Kier molecular flexibility index (Phi) is 9.52. The number of sulfonamides is 1. The Morgan fingerprint density at radius 2 is 1.81 bits per heavy atom. The Morgan fingerprint density at radius 1 is 1.19 bits per heavy atom. The number of amides is 1. The Balaban J connectivity index is 0.00000364. The highest BCUT2D eigenvalue weighted by molar-refractivity contribution is 7.89. The standard InChI is InChI=1S/C18H29N3O4S.ClH/c1-15(2)25-13-14-26(23,24)21-11-9-20(10-12-21)18(22)8-7-16-5-3-4-6-17(16)19;/h3-6,15H,7-14,19H2,1-2H3;1H. The summed E-state index contributed by atoms with van der Waals surface area (Å²) in [7, 11) is -3.34. The maximum atomic E-state index is 12.4. The van der Waals surface area contributed by atoms with Crippen molar-refractivity contribution in [2.75, 3.05) is 44.3 Å². The molecule has 2 N–H and O–H groups in total. The van der Waals surface area contributed by atoms with E-state index in [9.17, 15) is 13.2 Å². The van der Waals surface area contributed by atoms with Crippen LogP contribution in [0.3, 0.4) is 0 Å². The van der Waals surface area contributed by atoms with Gasteiger partial charge in [0.15, 0.2) is 0 Å². The average Bonchev–Trinajstić information content (AvgIpc) is 2.60. The number of aryl methyl sites for hydroxylation is 1. The number of piperazine rings is 1. The molecular formula is C18H30ClN3O4S. The molecule has 1 saturated heterocycles. The molecule has 0 saturated carbocycles. The quantitative estimate of drug-likeness (QED) is 0.645. The molecule has 7 nitrogen and oxygen atoms in total. The smallest absolute Gasteiger partial charge is 0.222 e. The van der Waals surface area contributed by atoms with Crippen LogP contribution in [0.4, 0.5) is 5.69 Å². The van der Waals surface area contributed by atoms with Gasteiger partial charge in [-0.1, -0.05) is 18.2 Å². The largest absolute Gasteiger partial charge is 0.399 e. The third kappa shape index (κ3) is 7.29. The summed E-state index contributed by atoms with van der Waals surface area (Å²) in [5.74, 6) is 0.0142. The predicted octanol–water partition coefficient (Wildman–Crippen LogP) is 1.52. The zero-order valence-corrected chi connectivity index (χ0v) is 17.6. The van der Waals surface area contributed by atoms with E-state index in [0.29, 0.717) is 44.7 Å². The van der Waals surface area contributed by atoms with Crippen LogP contribution >= 0.6 is 12.4 Å². The van der Waals surface area contributed by atoms with E-state index in [0.717, 1.165) is 5.56 Å². The number of benzene rings is 1. The molecule has 154 valence electrons. The molecule has 1 heterocycles. The molecule has 2 rings (SSSR count). The monoisotopic (exact) mass is 419 g/mol. The molecule has 0 unspecified atom stereocenters. The number of halogens is 1. The van der Waals surface area contributed by atoms with Crippen LogP contribution in [-0.4, -0.2) is 68.2 Å². The van der Waals surface area contributed by atoms with E-state index in [1.807, 2.05) is 38.1 Å². The van der Waals surface area contributed by atoms with Crippen molar-refractivity contribution in [3.05, 3.63) is 29.8 Å². The van der Waals surface area contributed by atoms with Gasteiger partial charge >= 0.3 is 0 Å². The van der Waals surface area contributed by atoms with Gasteiger partial charge in [0, 0.05) is 38.3 Å². The maximum absolute atomic E-state index is 12.4. The Bertz CT molecular complexity index is 704. The summed E-state index contributed by atoms with van der Waals surface area (Å²) in [5.41, 5.74) is 7.56. The molecule has 0 spiro atoms. The number of rotatable bonds is 8. The highest BCUT2D eigenvalue weighted by Crippen LogP contribution is 2.15. The predicted molar refractivity (Wildman–Crippen MR) is 109 cm³/mol. The molecule has 9 heteroatoms. The van der Waals surface area contributed by atoms with Gasteiger partial charge in [0.05, 0.1) is 18.5 Å². The summed E-state index contributed by atoms with van der Waals surface area (Å²) >= 11 is 0. The lowest BCUT2D eigenvalue weighted by Crippen LogP contribution is -2.51. The number of hydrogen-bond acceptors (Lipinski definition) is 5. The van der Waals surface area contributed by atoms with Crippen LogP contribution < -0.4 is 5.73 Å². The van der Waals surface area contributed by atoms with Gasteiger partial charge in [0.25, 0.3) is 0 Å². The Hall–Kier alpha value is -1.35. The van der Waals surface area contributed by atoms with Crippen molar-refractivity contribution in [1.82, 2.24) is 9.21 Å². The number of nitrogens with two attached hydrogens (primary N) is 1. The molecule has 1 aromatic carbocycles. The van der Waals surface area contributed by atoms with Crippen molar-refractivity contribution in [3.63, 3.8) is 0 Å². The van der Waals surface area contributed by atoms with Crippen molar-refractivity contribution in [2.24, 2.45) is 0 Å². The second-order valence-electron chi connectivity index (χ2n) is 6.71. The van der Waals surface area contributed by atoms with Crippen LogP contribution in [0.25, 0.3) is 0 Å². The van der Waals surface area contributed by atoms with Crippen LogP contribution in [0, 0.1) is 0 Å². The molecular weight excluding hydrogens is 390 g/mol. The average molecular weight is 420 g/mol. The number of carbonyl (C=O) groups is 1. The van der Waals surface area contributed by atoms with Crippen LogP contribution in [0.2, 0.25) is 0 Å². The van der Waals surface area contributed by atoms with Gasteiger partial charge in [-0.3, -0.25) is 4.79 Å². The Labute approximate surface area is 168 Å². The van der Waals surface area contributed by atoms with E-state index >= 15 is 0 Å². The first-order valence-corrected chi connectivity index (χ1v) is 10.6. The third-order valence-electron chi connectivity index (χ3n) is 4.44. The molecule has 1 amide bonds. The van der Waals surface area contributed by atoms with Crippen molar-refractivity contribution >= 4 is 34.0 Å². The first-order chi connectivity index (χ1) is 12.3. The minimum Gasteiger partial charge on any atom is -0.399 e. The van der Waals surface area contributed by atoms with Crippen LogP contribution in [0.15, 0.2) is 24.3 Å². The van der Waals surface area contributed by atoms with Crippen molar-refractivity contribution in [2.45, 2.75) is 32.8 Å². The van der Waals surface area contributed by atoms with Gasteiger partial charge in [-0.15, -0.1) is 12.4 Å². The van der Waals surface area contributed by atoms with Gasteiger partial charge in [0.2, 0.25) is 15.9 Å². The summed E-state index contributed by atoms with van der Waals surface area (Å²) in [6.07, 6.45) is 0.984. The molecule has 1 aliphatic rings. The lowest BCUT2D eigenvalue weighted by atomic mass is 10.1. The van der Waals surface area contributed by atoms with Gasteiger partial charge in [-0.05, 0) is 31.9 Å². The van der Waals surface area contributed by atoms with Crippen molar-refractivity contribution in [1.29, 1.82) is 0 Å². The van der Waals surface area contributed by atoms with Gasteiger partial charge in [0.1, 0.15) is 0 Å². The molecule has 0 aliphatic carbocycles. The molecule has 0 atom stereocenters. The SMILES string of the molecule is CC(C)OCCS(=O)(=O)N1CCN(C(=O)CCc2ccccc2N)CC1.Cl. The molecule has 1 aromatic rings. The number of carbonyl (C=O) groups excluding carboxylic acids is 1. The summed E-state index contributed by atoms with van der Waals surface area (Å²) in [6, 6.07) is 7.52. The highest BCUT2D eigenvalue weighted by atomic mass is 35.5. The lowest BCUT2D eigenvalue weighted by Gasteiger charge is -2.34. The molecule has 1 aliphatic heterocycles. The van der Waals surface area contributed by atoms with E-state index in [-0.39, 0.29) is 36.8 Å². The van der Waals surface area contributed by atoms with Crippen molar-refractivity contribution < 1.29 is 17.9 Å². The van der Waals surface area contributed by atoms with Gasteiger partial charge in [-0.2, -0.15) is 4.31 Å². The van der Waals surface area contributed by atoms with E-state index < -0.39 is 10.0 Å². The summed E-state index contributed by atoms with van der Waals surface area (Å²) in [5, 5.41) is 0. The minimum absolute atomic E-state index is 0. The van der Waals surface area contributed by atoms with E-state index in [1.165, 1.54) is 4.31 Å². The van der Waals surface area contributed by atoms with Crippen LogP contribution in [0.1, 0.15) is 25.8 Å². The summed E-state index contributed by atoms with van der Waals surface area (Å²) < 4.78 is 31.4. The number of ether oxygens (including phenoxy) is 1. The number of anilines is 1. The number of para-hydroxylation sites is 1. The Morgan fingerprint density at radius 3 is 2.41 bits per heavy atom. The lowest BCUT2D eigenvalue weighted by molar-refractivity contribution is -0.132. The third-order valence-corrected chi connectivity index (χ3v) is 6.28. The fraction of sp³-hybridized carbons (Fsp3) is 0.611. The molecule has 0 radical (unpaired) electrons. The van der Waals surface area contributed by atoms with Crippen LogP contribution in [-0.2, 0) is 26.0 Å². The maximum Gasteiger partial charge on any atom is 0.222 e. The minimum atomic E-state index is -3.34. The number of nitrogen functional groups attached to an aromatic ring is 1. The second-order valence-corrected chi connectivity index (χ2v) is 8.80. The fourth-order valence-electron chi connectivity index (χ4n) is 2.90. The normalized spacial score (nSPS) is 15.6. The molecule has 0 aromatic heterocycles. The summed E-state index contributed by atoms with van der Waals surface area (Å²) in [4.78, 5) is 14.1. The van der Waals surface area contributed by atoms with E-state index in [2.05, 4.69) is 0 Å². The zero-order valence-electron chi connectivity index (χ0n) is 16.0. The van der Waals surface area contributed by atoms with Gasteiger partial charge in [-0.25, -0.2) is 8.42 Å². The number of hydrogen-bond donors (Lipinski definition) is 1. The van der Waals surface area contributed by atoms with Crippen LogP contribution in [0.5, 0.6) is 0 Å². The summed E-state index contributed by atoms with van der Waals surface area (Å²) in [6.45, 7) is 5.46. The van der Waals surface area contributed by atoms with Gasteiger partial charge < -0.3 is 15.4 Å². The molecule has 0 bridgehead atoms. The zero-order chi connectivity index (χ0) is 19.2. The highest BCUT2D eigenvalue weighted by Gasteiger charge is 2.28. The fourth-order valence-corrected chi connectivity index (χ4v) is 4.18. The molecule has 27 heavy (non-hydrogen) atoms. The topological polar surface area (TPSA) is 92.9 Å². The van der Waals surface area contributed by atoms with Crippen molar-refractivity contribution in [3.8, 4) is 0 Å². The first kappa shape index (κ1) is 23.7. The molecule has 1 fully saturated rings.